The van der Waals surface area contributed by atoms with Crippen LogP contribution in [0, 0.1) is 0 Å². The average Bonchev–Trinajstić information content (AvgIpc) is 3.17. The van der Waals surface area contributed by atoms with Gasteiger partial charge in [-0.25, -0.2) is 0 Å². The van der Waals surface area contributed by atoms with Crippen molar-refractivity contribution in [2.75, 3.05) is 21.0 Å². The standard InChI is InChI=1S/C21H19NO7/c1-26-12-3-4-16-11(5-12)6-15(21(25)22-16)13(8-20(24)27-2)14-7-18-19(9-17(14)23)29-10-28-18/h3-7,9,13,23H,8,10H2,1-2H3,(H,22,25)/t13-/m0/s1. The fourth-order valence-electron chi connectivity index (χ4n) is 3.45. The van der Waals surface area contributed by atoms with Crippen molar-refractivity contribution < 1.29 is 28.8 Å². The predicted octanol–water partition coefficient (Wildman–Crippen LogP) is 2.67. The molecule has 0 fully saturated rings. The van der Waals surface area contributed by atoms with Gasteiger partial charge in [-0.3, -0.25) is 9.59 Å². The normalized spacial score (nSPS) is 13.3. The maximum Gasteiger partial charge on any atom is 0.306 e. The molecule has 0 aliphatic carbocycles. The summed E-state index contributed by atoms with van der Waals surface area (Å²) in [5.74, 6) is 0.0968. The van der Waals surface area contributed by atoms with Crippen molar-refractivity contribution in [1.29, 1.82) is 0 Å². The van der Waals surface area contributed by atoms with Gasteiger partial charge in [0, 0.05) is 34.0 Å². The van der Waals surface area contributed by atoms with E-state index in [1.165, 1.54) is 13.2 Å². The van der Waals surface area contributed by atoms with E-state index in [9.17, 15) is 14.7 Å². The Hall–Kier alpha value is -3.68. The van der Waals surface area contributed by atoms with Gasteiger partial charge in [0.25, 0.3) is 5.56 Å². The highest BCUT2D eigenvalue weighted by Gasteiger charge is 2.28. The third-order valence-corrected chi connectivity index (χ3v) is 4.95. The largest absolute Gasteiger partial charge is 0.508 e. The van der Waals surface area contributed by atoms with Crippen molar-refractivity contribution in [3.8, 4) is 23.0 Å². The maximum absolute atomic E-state index is 12.8. The van der Waals surface area contributed by atoms with Crippen LogP contribution in [0.5, 0.6) is 23.0 Å². The Balaban J connectivity index is 1.89. The van der Waals surface area contributed by atoms with Gasteiger partial charge in [0.2, 0.25) is 6.79 Å². The van der Waals surface area contributed by atoms with Crippen molar-refractivity contribution in [2.45, 2.75) is 12.3 Å². The van der Waals surface area contributed by atoms with Crippen LogP contribution in [0.1, 0.15) is 23.5 Å². The van der Waals surface area contributed by atoms with E-state index in [1.807, 2.05) is 0 Å². The quantitative estimate of drug-likeness (QED) is 0.638. The molecule has 2 heterocycles. The number of pyridine rings is 1. The molecule has 29 heavy (non-hydrogen) atoms. The second-order valence-corrected chi connectivity index (χ2v) is 6.60. The Morgan fingerprint density at radius 1 is 1.14 bits per heavy atom. The SMILES string of the molecule is COC(=O)C[C@@H](c1cc2c(cc1O)OCO2)c1cc2cc(OC)ccc2[nH]c1=O. The summed E-state index contributed by atoms with van der Waals surface area (Å²) in [7, 11) is 2.83. The molecule has 0 radical (unpaired) electrons. The molecule has 150 valence electrons. The molecule has 0 unspecified atom stereocenters. The minimum absolute atomic E-state index is 0.0379. The lowest BCUT2D eigenvalue weighted by Crippen LogP contribution is -2.20. The molecule has 1 aliphatic rings. The number of aromatic hydroxyl groups is 1. The molecule has 2 N–H and O–H groups in total. The lowest BCUT2D eigenvalue weighted by Gasteiger charge is -2.18. The molecule has 4 rings (SSSR count). The van der Waals surface area contributed by atoms with Crippen molar-refractivity contribution in [3.63, 3.8) is 0 Å². The van der Waals surface area contributed by atoms with Crippen molar-refractivity contribution in [1.82, 2.24) is 4.98 Å². The second kappa shape index (κ2) is 7.38. The third kappa shape index (κ3) is 3.44. The van der Waals surface area contributed by atoms with E-state index in [4.69, 9.17) is 18.9 Å². The number of aromatic nitrogens is 1. The van der Waals surface area contributed by atoms with Crippen LogP contribution < -0.4 is 19.8 Å². The Morgan fingerprint density at radius 2 is 1.90 bits per heavy atom. The van der Waals surface area contributed by atoms with Crippen molar-refractivity contribution in [2.24, 2.45) is 0 Å². The summed E-state index contributed by atoms with van der Waals surface area (Å²) < 4.78 is 20.7. The highest BCUT2D eigenvalue weighted by atomic mass is 16.7. The first-order valence-corrected chi connectivity index (χ1v) is 8.90. The van der Waals surface area contributed by atoms with Crippen LogP contribution in [0.4, 0.5) is 0 Å². The van der Waals surface area contributed by atoms with Gasteiger partial charge in [-0.05, 0) is 30.3 Å². The van der Waals surface area contributed by atoms with E-state index in [2.05, 4.69) is 4.98 Å². The molecule has 1 atom stereocenters. The molecular weight excluding hydrogens is 378 g/mol. The smallest absolute Gasteiger partial charge is 0.306 e. The summed E-state index contributed by atoms with van der Waals surface area (Å²) in [5.41, 5.74) is 0.942. The van der Waals surface area contributed by atoms with Crippen LogP contribution in [0.2, 0.25) is 0 Å². The van der Waals surface area contributed by atoms with Gasteiger partial charge in [0.15, 0.2) is 11.5 Å². The third-order valence-electron chi connectivity index (χ3n) is 4.95. The first kappa shape index (κ1) is 18.7. The van der Waals surface area contributed by atoms with Gasteiger partial charge in [-0.15, -0.1) is 0 Å². The number of rotatable bonds is 5. The van der Waals surface area contributed by atoms with Gasteiger partial charge in [0.1, 0.15) is 11.5 Å². The number of methoxy groups -OCH3 is 2. The number of nitrogens with one attached hydrogen (secondary N) is 1. The van der Waals surface area contributed by atoms with E-state index in [1.54, 1.807) is 37.4 Å². The zero-order valence-electron chi connectivity index (χ0n) is 15.9. The van der Waals surface area contributed by atoms with Crippen molar-refractivity contribution >= 4 is 16.9 Å². The first-order chi connectivity index (χ1) is 14.0. The number of H-pyrrole nitrogens is 1. The second-order valence-electron chi connectivity index (χ2n) is 6.60. The summed E-state index contributed by atoms with van der Waals surface area (Å²) in [6, 6.07) is 9.96. The number of carbonyl (C=O) groups is 1. The summed E-state index contributed by atoms with van der Waals surface area (Å²) >= 11 is 0. The van der Waals surface area contributed by atoms with Gasteiger partial charge < -0.3 is 29.0 Å². The summed E-state index contributed by atoms with van der Waals surface area (Å²) in [6.07, 6.45) is -0.137. The minimum Gasteiger partial charge on any atom is -0.508 e. The molecule has 0 saturated carbocycles. The number of hydrogen-bond donors (Lipinski definition) is 2. The van der Waals surface area contributed by atoms with Crippen molar-refractivity contribution in [3.05, 3.63) is 57.9 Å². The monoisotopic (exact) mass is 397 g/mol. The van der Waals surface area contributed by atoms with Crippen LogP contribution in [-0.2, 0) is 9.53 Å². The average molecular weight is 397 g/mol. The van der Waals surface area contributed by atoms with Crippen LogP contribution >= 0.6 is 0 Å². The highest BCUT2D eigenvalue weighted by molar-refractivity contribution is 5.81. The molecule has 0 amide bonds. The molecule has 3 aromatic rings. The molecule has 0 bridgehead atoms. The van der Waals surface area contributed by atoms with E-state index in [-0.39, 0.29) is 24.5 Å². The summed E-state index contributed by atoms with van der Waals surface area (Å²) in [5, 5.41) is 11.3. The summed E-state index contributed by atoms with van der Waals surface area (Å²) in [4.78, 5) is 27.8. The van der Waals surface area contributed by atoms with Crippen LogP contribution in [0.15, 0.2) is 41.2 Å². The Labute approximate surface area is 165 Å². The van der Waals surface area contributed by atoms with E-state index < -0.39 is 11.9 Å². The number of carbonyl (C=O) groups excluding carboxylic acids is 1. The molecule has 2 aromatic carbocycles. The molecule has 1 aliphatic heterocycles. The highest BCUT2D eigenvalue weighted by Crippen LogP contribution is 2.43. The summed E-state index contributed by atoms with van der Waals surface area (Å²) in [6.45, 7) is 0.0379. The van der Waals surface area contributed by atoms with E-state index in [0.29, 0.717) is 33.9 Å². The number of aromatic amines is 1. The number of fused-ring (bicyclic) bond motifs is 2. The van der Waals surface area contributed by atoms with Gasteiger partial charge >= 0.3 is 5.97 Å². The van der Waals surface area contributed by atoms with Crippen LogP contribution in [0.25, 0.3) is 10.9 Å². The molecule has 0 saturated heterocycles. The molecule has 1 aromatic heterocycles. The molecule has 0 spiro atoms. The number of phenolic OH excluding ortho intramolecular Hbond substituents is 1. The number of benzene rings is 2. The zero-order valence-corrected chi connectivity index (χ0v) is 15.9. The van der Waals surface area contributed by atoms with Crippen LogP contribution in [0.3, 0.4) is 0 Å². The van der Waals surface area contributed by atoms with Gasteiger partial charge in [-0.1, -0.05) is 0 Å². The fraction of sp³-hybridized carbons (Fsp3) is 0.238. The Kier molecular flexibility index (Phi) is 4.75. The van der Waals surface area contributed by atoms with Gasteiger partial charge in [-0.2, -0.15) is 0 Å². The molecule has 8 heteroatoms. The Bertz CT molecular complexity index is 1150. The number of ether oxygens (including phenoxy) is 4. The van der Waals surface area contributed by atoms with Gasteiger partial charge in [0.05, 0.1) is 20.6 Å². The fourth-order valence-corrected chi connectivity index (χ4v) is 3.45. The zero-order chi connectivity index (χ0) is 20.5. The van der Waals surface area contributed by atoms with E-state index >= 15 is 0 Å². The Morgan fingerprint density at radius 3 is 2.62 bits per heavy atom. The first-order valence-electron chi connectivity index (χ1n) is 8.90. The number of hydrogen-bond acceptors (Lipinski definition) is 7. The minimum atomic E-state index is -0.753. The van der Waals surface area contributed by atoms with E-state index in [0.717, 1.165) is 5.39 Å². The number of phenols is 1. The topological polar surface area (TPSA) is 107 Å². The molecular formula is C21H19NO7. The maximum atomic E-state index is 12.8. The lowest BCUT2D eigenvalue weighted by molar-refractivity contribution is -0.140. The number of esters is 1. The molecule has 8 nitrogen and oxygen atoms in total. The van der Waals surface area contributed by atoms with Crippen LogP contribution in [-0.4, -0.2) is 37.1 Å². The predicted molar refractivity (Wildman–Crippen MR) is 104 cm³/mol. The lowest BCUT2D eigenvalue weighted by atomic mass is 9.87.